The van der Waals surface area contributed by atoms with Crippen LogP contribution in [0.3, 0.4) is 0 Å². The Morgan fingerprint density at radius 3 is 2.80 bits per heavy atom. The molecular weight excluding hydrogens is 256 g/mol. The fourth-order valence-corrected chi connectivity index (χ4v) is 2.38. The maximum absolute atomic E-state index is 12.3. The number of rotatable bonds is 2. The molecule has 2 aromatic rings. The lowest BCUT2D eigenvalue weighted by molar-refractivity contribution is -0.132. The van der Waals surface area contributed by atoms with Gasteiger partial charge in [-0.3, -0.25) is 9.59 Å². The summed E-state index contributed by atoms with van der Waals surface area (Å²) in [6.45, 7) is 2.96. The van der Waals surface area contributed by atoms with Crippen molar-refractivity contribution >= 4 is 16.7 Å². The summed E-state index contributed by atoms with van der Waals surface area (Å²) in [5.41, 5.74) is -0.216. The molecule has 0 bridgehead atoms. The fraction of sp³-hybridized carbons (Fsp3) is 0.357. The zero-order valence-electron chi connectivity index (χ0n) is 11.1. The molecule has 1 saturated heterocycles. The quantitative estimate of drug-likeness (QED) is 0.824. The first-order valence-electron chi connectivity index (χ1n) is 6.69. The van der Waals surface area contributed by atoms with E-state index < -0.39 is 0 Å². The van der Waals surface area contributed by atoms with E-state index in [1.165, 1.54) is 4.68 Å². The Morgan fingerprint density at radius 2 is 2.00 bits per heavy atom. The van der Waals surface area contributed by atoms with Gasteiger partial charge in [0.2, 0.25) is 5.91 Å². The predicted octanol–water partition coefficient (Wildman–Crippen LogP) is -0.172. The van der Waals surface area contributed by atoms with Gasteiger partial charge < -0.3 is 10.2 Å². The zero-order valence-corrected chi connectivity index (χ0v) is 11.1. The highest BCUT2D eigenvalue weighted by Crippen LogP contribution is 2.06. The first kappa shape index (κ1) is 12.8. The average molecular weight is 272 g/mol. The van der Waals surface area contributed by atoms with Crippen LogP contribution >= 0.6 is 0 Å². The Morgan fingerprint density at radius 1 is 1.25 bits per heavy atom. The summed E-state index contributed by atoms with van der Waals surface area (Å²) in [7, 11) is 0. The van der Waals surface area contributed by atoms with Gasteiger partial charge in [-0.25, -0.2) is 4.68 Å². The Kier molecular flexibility index (Phi) is 3.47. The van der Waals surface area contributed by atoms with E-state index in [0.29, 0.717) is 18.5 Å². The summed E-state index contributed by atoms with van der Waals surface area (Å²) in [6, 6.07) is 7.27. The molecular formula is C14H16N4O2. The largest absolute Gasteiger partial charge is 0.339 e. The summed E-state index contributed by atoms with van der Waals surface area (Å²) >= 11 is 0. The molecule has 2 heterocycles. The van der Waals surface area contributed by atoms with Gasteiger partial charge in [-0.1, -0.05) is 18.2 Å². The second-order valence-electron chi connectivity index (χ2n) is 4.83. The topological polar surface area (TPSA) is 67.2 Å². The number of benzene rings is 1. The van der Waals surface area contributed by atoms with E-state index in [2.05, 4.69) is 10.4 Å². The molecule has 0 aliphatic carbocycles. The van der Waals surface area contributed by atoms with Crippen molar-refractivity contribution in [2.45, 2.75) is 6.54 Å². The van der Waals surface area contributed by atoms with E-state index in [1.807, 2.05) is 18.2 Å². The summed E-state index contributed by atoms with van der Waals surface area (Å²) in [5, 5.41) is 8.66. The van der Waals surface area contributed by atoms with Crippen LogP contribution in [0, 0.1) is 0 Å². The molecule has 0 saturated carbocycles. The van der Waals surface area contributed by atoms with Crippen LogP contribution in [-0.4, -0.2) is 46.8 Å². The molecule has 1 amide bonds. The molecule has 1 aromatic carbocycles. The number of hydrogen-bond acceptors (Lipinski definition) is 4. The average Bonchev–Trinajstić information content (AvgIpc) is 2.51. The van der Waals surface area contributed by atoms with E-state index >= 15 is 0 Å². The molecule has 0 atom stereocenters. The number of carbonyl (C=O) groups excluding carboxylic acids is 1. The molecule has 1 fully saturated rings. The van der Waals surface area contributed by atoms with Gasteiger partial charge in [0.05, 0.1) is 11.6 Å². The highest BCUT2D eigenvalue weighted by molar-refractivity contribution is 5.81. The van der Waals surface area contributed by atoms with Gasteiger partial charge in [0.25, 0.3) is 5.56 Å². The van der Waals surface area contributed by atoms with E-state index in [1.54, 1.807) is 17.2 Å². The molecule has 0 spiro atoms. The number of carbonyl (C=O) groups is 1. The van der Waals surface area contributed by atoms with Crippen molar-refractivity contribution in [3.63, 3.8) is 0 Å². The highest BCUT2D eigenvalue weighted by Gasteiger charge is 2.17. The molecule has 1 N–H and O–H groups in total. The number of hydrogen-bond donors (Lipinski definition) is 1. The number of nitrogens with zero attached hydrogens (tertiary/aromatic N) is 3. The van der Waals surface area contributed by atoms with Crippen molar-refractivity contribution in [2.75, 3.05) is 26.2 Å². The predicted molar refractivity (Wildman–Crippen MR) is 75.5 cm³/mol. The van der Waals surface area contributed by atoms with E-state index in [9.17, 15) is 9.59 Å². The second kappa shape index (κ2) is 5.42. The van der Waals surface area contributed by atoms with Crippen LogP contribution in [-0.2, 0) is 11.3 Å². The van der Waals surface area contributed by atoms with Crippen molar-refractivity contribution in [3.05, 3.63) is 40.8 Å². The second-order valence-corrected chi connectivity index (χ2v) is 4.83. The smallest absolute Gasteiger partial charge is 0.275 e. The fourth-order valence-electron chi connectivity index (χ4n) is 2.38. The number of fused-ring (bicyclic) bond motifs is 1. The van der Waals surface area contributed by atoms with E-state index in [0.717, 1.165) is 18.5 Å². The van der Waals surface area contributed by atoms with Gasteiger partial charge in [-0.2, -0.15) is 5.10 Å². The third kappa shape index (κ3) is 2.42. The molecule has 0 unspecified atom stereocenters. The lowest BCUT2D eigenvalue weighted by Gasteiger charge is -2.27. The van der Waals surface area contributed by atoms with Gasteiger partial charge in [0.15, 0.2) is 0 Å². The molecule has 20 heavy (non-hydrogen) atoms. The van der Waals surface area contributed by atoms with Crippen LogP contribution in [0.25, 0.3) is 10.8 Å². The Labute approximate surface area is 116 Å². The van der Waals surface area contributed by atoms with Gasteiger partial charge in [-0.15, -0.1) is 0 Å². The van der Waals surface area contributed by atoms with Crippen LogP contribution < -0.4 is 10.9 Å². The minimum atomic E-state index is -0.216. The maximum atomic E-state index is 12.3. The molecule has 3 rings (SSSR count). The zero-order chi connectivity index (χ0) is 13.9. The maximum Gasteiger partial charge on any atom is 0.275 e. The summed E-state index contributed by atoms with van der Waals surface area (Å²) < 4.78 is 1.24. The first-order valence-corrected chi connectivity index (χ1v) is 6.69. The minimum absolute atomic E-state index is 0.00364. The molecule has 1 aromatic heterocycles. The third-order valence-corrected chi connectivity index (χ3v) is 3.52. The lowest BCUT2D eigenvalue weighted by atomic mass is 10.2. The summed E-state index contributed by atoms with van der Waals surface area (Å²) in [6.07, 6.45) is 1.63. The van der Waals surface area contributed by atoms with Gasteiger partial charge in [0.1, 0.15) is 6.54 Å². The Hall–Kier alpha value is -2.21. The number of piperazine rings is 1. The number of nitrogens with one attached hydrogen (secondary N) is 1. The van der Waals surface area contributed by atoms with Gasteiger partial charge in [0, 0.05) is 31.6 Å². The normalized spacial score (nSPS) is 15.5. The lowest BCUT2D eigenvalue weighted by Crippen LogP contribution is -2.48. The summed E-state index contributed by atoms with van der Waals surface area (Å²) in [5.74, 6) is -0.0589. The van der Waals surface area contributed by atoms with E-state index in [-0.39, 0.29) is 18.0 Å². The molecule has 0 radical (unpaired) electrons. The number of aromatic nitrogens is 2. The van der Waals surface area contributed by atoms with Gasteiger partial charge in [-0.05, 0) is 6.07 Å². The molecule has 6 heteroatoms. The standard InChI is InChI=1S/C14H16N4O2/c19-13(17-7-5-15-6-8-17)10-18-14(20)12-4-2-1-3-11(12)9-16-18/h1-4,9,15H,5-8,10H2. The number of amides is 1. The van der Waals surface area contributed by atoms with Crippen molar-refractivity contribution in [3.8, 4) is 0 Å². The van der Waals surface area contributed by atoms with Crippen LogP contribution in [0.2, 0.25) is 0 Å². The molecule has 1 aliphatic rings. The Bertz CT molecular complexity index is 689. The first-order chi connectivity index (χ1) is 9.75. The Balaban J connectivity index is 1.85. The monoisotopic (exact) mass is 272 g/mol. The van der Waals surface area contributed by atoms with Crippen molar-refractivity contribution < 1.29 is 4.79 Å². The van der Waals surface area contributed by atoms with Crippen LogP contribution in [0.4, 0.5) is 0 Å². The molecule has 6 nitrogen and oxygen atoms in total. The molecule has 104 valence electrons. The summed E-state index contributed by atoms with van der Waals surface area (Å²) in [4.78, 5) is 26.2. The highest BCUT2D eigenvalue weighted by atomic mass is 16.2. The van der Waals surface area contributed by atoms with Crippen LogP contribution in [0.15, 0.2) is 35.3 Å². The van der Waals surface area contributed by atoms with E-state index in [4.69, 9.17) is 0 Å². The van der Waals surface area contributed by atoms with Crippen LogP contribution in [0.5, 0.6) is 0 Å². The van der Waals surface area contributed by atoms with Crippen molar-refractivity contribution in [1.29, 1.82) is 0 Å². The van der Waals surface area contributed by atoms with Crippen LogP contribution in [0.1, 0.15) is 0 Å². The minimum Gasteiger partial charge on any atom is -0.339 e. The van der Waals surface area contributed by atoms with Crippen molar-refractivity contribution in [2.24, 2.45) is 0 Å². The molecule has 1 aliphatic heterocycles. The van der Waals surface area contributed by atoms with Gasteiger partial charge >= 0.3 is 0 Å². The third-order valence-electron chi connectivity index (χ3n) is 3.52. The SMILES string of the molecule is O=C(Cn1ncc2ccccc2c1=O)N1CCNCC1. The van der Waals surface area contributed by atoms with Crippen molar-refractivity contribution in [1.82, 2.24) is 20.0 Å².